The zero-order valence-corrected chi connectivity index (χ0v) is 8.27. The van der Waals surface area contributed by atoms with Crippen molar-refractivity contribution in [3.05, 3.63) is 6.92 Å². The van der Waals surface area contributed by atoms with Crippen molar-refractivity contribution in [1.82, 2.24) is 0 Å². The van der Waals surface area contributed by atoms with E-state index in [9.17, 15) is 4.79 Å². The summed E-state index contributed by atoms with van der Waals surface area (Å²) >= 11 is 0. The number of carbonyl (C=O) groups is 1. The molecule has 0 aromatic rings. The molecule has 1 heteroatoms. The molecule has 0 spiro atoms. The minimum absolute atomic E-state index is 0.426. The maximum atomic E-state index is 11.1. The topological polar surface area (TPSA) is 17.1 Å². The number of carbonyl (C=O) groups excluding carboxylic acids is 1. The van der Waals surface area contributed by atoms with Gasteiger partial charge in [-0.1, -0.05) is 39.5 Å². The first-order valence-corrected chi connectivity index (χ1v) is 5.12. The summed E-state index contributed by atoms with van der Waals surface area (Å²) in [5.74, 6) is 0.426. The first kappa shape index (κ1) is 11.7. The van der Waals surface area contributed by atoms with E-state index in [4.69, 9.17) is 0 Å². The van der Waals surface area contributed by atoms with Crippen molar-refractivity contribution in [2.75, 3.05) is 0 Å². The lowest BCUT2D eigenvalue weighted by Crippen LogP contribution is -1.96. The summed E-state index contributed by atoms with van der Waals surface area (Å²) < 4.78 is 0. The lowest BCUT2D eigenvalue weighted by Gasteiger charge is -1.98. The third-order valence-corrected chi connectivity index (χ3v) is 2.01. The Morgan fingerprint density at radius 2 is 1.75 bits per heavy atom. The highest BCUT2D eigenvalue weighted by atomic mass is 16.1. The monoisotopic (exact) mass is 169 g/mol. The van der Waals surface area contributed by atoms with E-state index in [1.165, 1.54) is 19.3 Å². The van der Waals surface area contributed by atoms with Crippen LogP contribution in [0.1, 0.15) is 58.3 Å². The lowest BCUT2D eigenvalue weighted by molar-refractivity contribution is -0.119. The highest BCUT2D eigenvalue weighted by Gasteiger charge is 1.99. The standard InChI is InChI=1S/C11H21O/c1-3-5-7-8-10-11(12)9-6-4-2/h2-10H2,1H3. The Kier molecular flexibility index (Phi) is 8.52. The molecule has 1 radical (unpaired) electrons. The molecular formula is C11H21O. The van der Waals surface area contributed by atoms with Crippen molar-refractivity contribution in [3.8, 4) is 0 Å². The normalized spacial score (nSPS) is 10.2. The molecule has 0 unspecified atom stereocenters. The van der Waals surface area contributed by atoms with Gasteiger partial charge in [0.05, 0.1) is 0 Å². The van der Waals surface area contributed by atoms with Crippen molar-refractivity contribution in [2.45, 2.75) is 58.3 Å². The molecular weight excluding hydrogens is 148 g/mol. The zero-order valence-electron chi connectivity index (χ0n) is 8.27. The molecule has 0 fully saturated rings. The second-order valence-corrected chi connectivity index (χ2v) is 3.31. The first-order chi connectivity index (χ1) is 5.81. The summed E-state index contributed by atoms with van der Waals surface area (Å²) in [6, 6.07) is 0. The maximum Gasteiger partial charge on any atom is 0.132 e. The van der Waals surface area contributed by atoms with Crippen LogP contribution in [0.25, 0.3) is 0 Å². The average molecular weight is 169 g/mol. The fourth-order valence-corrected chi connectivity index (χ4v) is 1.20. The Hall–Kier alpha value is -0.330. The Morgan fingerprint density at radius 3 is 2.33 bits per heavy atom. The van der Waals surface area contributed by atoms with Crippen LogP contribution in [-0.2, 0) is 4.79 Å². The highest BCUT2D eigenvalue weighted by Crippen LogP contribution is 2.06. The van der Waals surface area contributed by atoms with Crippen LogP contribution in [0.2, 0.25) is 0 Å². The molecule has 0 rings (SSSR count). The van der Waals surface area contributed by atoms with E-state index < -0.39 is 0 Å². The second kappa shape index (κ2) is 8.76. The summed E-state index contributed by atoms with van der Waals surface area (Å²) in [5.41, 5.74) is 0. The number of rotatable bonds is 8. The minimum Gasteiger partial charge on any atom is -0.300 e. The molecule has 0 bridgehead atoms. The Bertz CT molecular complexity index is 108. The Balaban J connectivity index is 3.08. The zero-order chi connectivity index (χ0) is 9.23. The molecule has 0 aliphatic heterocycles. The Labute approximate surface area is 76.6 Å². The SMILES string of the molecule is [CH2]CCCC(=O)CCCCCC. The van der Waals surface area contributed by atoms with Crippen LogP contribution >= 0.6 is 0 Å². The van der Waals surface area contributed by atoms with Crippen molar-refractivity contribution in [3.63, 3.8) is 0 Å². The first-order valence-electron chi connectivity index (χ1n) is 5.12. The van der Waals surface area contributed by atoms with E-state index in [1.807, 2.05) is 0 Å². The van der Waals surface area contributed by atoms with E-state index in [0.717, 1.165) is 32.1 Å². The predicted molar refractivity (Wildman–Crippen MR) is 53.0 cm³/mol. The molecule has 0 saturated carbocycles. The van der Waals surface area contributed by atoms with Crippen LogP contribution in [0, 0.1) is 6.92 Å². The minimum atomic E-state index is 0.426. The summed E-state index contributed by atoms with van der Waals surface area (Å²) in [5, 5.41) is 0. The molecule has 0 N–H and O–H groups in total. The van der Waals surface area contributed by atoms with Gasteiger partial charge < -0.3 is 0 Å². The molecule has 12 heavy (non-hydrogen) atoms. The van der Waals surface area contributed by atoms with Crippen molar-refractivity contribution in [1.29, 1.82) is 0 Å². The number of hydrogen-bond donors (Lipinski definition) is 0. The third-order valence-electron chi connectivity index (χ3n) is 2.01. The maximum absolute atomic E-state index is 11.1. The van der Waals surface area contributed by atoms with Crippen LogP contribution in [-0.4, -0.2) is 5.78 Å². The predicted octanol–water partition coefficient (Wildman–Crippen LogP) is 3.53. The molecule has 0 amide bonds. The van der Waals surface area contributed by atoms with Gasteiger partial charge >= 0.3 is 0 Å². The van der Waals surface area contributed by atoms with E-state index in [1.54, 1.807) is 0 Å². The number of Topliss-reactive ketones (excluding diaryl/α,β-unsaturated/α-hetero) is 1. The van der Waals surface area contributed by atoms with Gasteiger partial charge in [-0.25, -0.2) is 0 Å². The van der Waals surface area contributed by atoms with Gasteiger partial charge in [0.15, 0.2) is 0 Å². The molecule has 0 aliphatic rings. The smallest absolute Gasteiger partial charge is 0.132 e. The van der Waals surface area contributed by atoms with Gasteiger partial charge in [-0.15, -0.1) is 0 Å². The van der Waals surface area contributed by atoms with Gasteiger partial charge in [0, 0.05) is 12.8 Å². The van der Waals surface area contributed by atoms with Crippen molar-refractivity contribution >= 4 is 5.78 Å². The van der Waals surface area contributed by atoms with E-state index >= 15 is 0 Å². The molecule has 0 aromatic heterocycles. The number of unbranched alkanes of at least 4 members (excludes halogenated alkanes) is 4. The van der Waals surface area contributed by atoms with Crippen molar-refractivity contribution in [2.24, 2.45) is 0 Å². The summed E-state index contributed by atoms with van der Waals surface area (Å²) in [4.78, 5) is 11.1. The number of hydrogen-bond acceptors (Lipinski definition) is 1. The molecule has 0 atom stereocenters. The van der Waals surface area contributed by atoms with Crippen LogP contribution in [0.4, 0.5) is 0 Å². The highest BCUT2D eigenvalue weighted by molar-refractivity contribution is 5.78. The van der Waals surface area contributed by atoms with E-state index in [0.29, 0.717) is 5.78 Å². The number of ketones is 1. The summed E-state index contributed by atoms with van der Waals surface area (Å²) in [6.07, 6.45) is 8.20. The molecule has 71 valence electrons. The van der Waals surface area contributed by atoms with Crippen LogP contribution in [0.3, 0.4) is 0 Å². The lowest BCUT2D eigenvalue weighted by atomic mass is 10.1. The van der Waals surface area contributed by atoms with Crippen LogP contribution < -0.4 is 0 Å². The molecule has 0 aliphatic carbocycles. The van der Waals surface area contributed by atoms with Gasteiger partial charge in [0.2, 0.25) is 0 Å². The quantitative estimate of drug-likeness (QED) is 0.508. The largest absolute Gasteiger partial charge is 0.300 e. The summed E-state index contributed by atoms with van der Waals surface area (Å²) in [6.45, 7) is 5.90. The van der Waals surface area contributed by atoms with Crippen LogP contribution in [0.5, 0.6) is 0 Å². The van der Waals surface area contributed by atoms with Gasteiger partial charge in [-0.2, -0.15) is 0 Å². The fraction of sp³-hybridized carbons (Fsp3) is 0.818. The molecule has 0 saturated heterocycles. The van der Waals surface area contributed by atoms with E-state index in [-0.39, 0.29) is 0 Å². The van der Waals surface area contributed by atoms with Gasteiger partial charge in [0.25, 0.3) is 0 Å². The van der Waals surface area contributed by atoms with Crippen molar-refractivity contribution < 1.29 is 4.79 Å². The average Bonchev–Trinajstić information content (AvgIpc) is 2.09. The van der Waals surface area contributed by atoms with Gasteiger partial charge in [-0.3, -0.25) is 4.79 Å². The van der Waals surface area contributed by atoms with E-state index in [2.05, 4.69) is 13.8 Å². The molecule has 0 aromatic carbocycles. The summed E-state index contributed by atoms with van der Waals surface area (Å²) in [7, 11) is 0. The fourth-order valence-electron chi connectivity index (χ4n) is 1.20. The van der Waals surface area contributed by atoms with Gasteiger partial charge in [-0.05, 0) is 12.8 Å². The Morgan fingerprint density at radius 1 is 1.08 bits per heavy atom. The molecule has 1 nitrogen and oxygen atoms in total. The second-order valence-electron chi connectivity index (χ2n) is 3.31. The van der Waals surface area contributed by atoms with Gasteiger partial charge in [0.1, 0.15) is 5.78 Å². The van der Waals surface area contributed by atoms with Crippen LogP contribution in [0.15, 0.2) is 0 Å². The third kappa shape index (κ3) is 7.77. The molecule has 0 heterocycles.